The van der Waals surface area contributed by atoms with Crippen molar-refractivity contribution in [3.05, 3.63) is 23.8 Å². The number of carbonyl (C=O) groups excluding carboxylic acids is 1. The number of benzene rings is 1. The average molecular weight is 363 g/mol. The molecule has 1 aromatic carbocycles. The number of carbonyl (C=O) groups is 1. The maximum absolute atomic E-state index is 11.8. The van der Waals surface area contributed by atoms with Crippen molar-refractivity contribution in [3.8, 4) is 11.5 Å². The van der Waals surface area contributed by atoms with E-state index >= 15 is 0 Å². The van der Waals surface area contributed by atoms with Crippen molar-refractivity contribution in [2.75, 3.05) is 6.61 Å². The summed E-state index contributed by atoms with van der Waals surface area (Å²) in [7, 11) is 0. The van der Waals surface area contributed by atoms with Gasteiger partial charge in [0, 0.05) is 12.0 Å². The Bertz CT molecular complexity index is 544. The van der Waals surface area contributed by atoms with Gasteiger partial charge in [0.25, 0.3) is 0 Å². The molecular formula is C21H34N2O3. The summed E-state index contributed by atoms with van der Waals surface area (Å²) in [6, 6.07) is 5.18. The van der Waals surface area contributed by atoms with Crippen LogP contribution in [-0.2, 0) is 4.79 Å². The maximum atomic E-state index is 11.8. The predicted molar refractivity (Wildman–Crippen MR) is 107 cm³/mol. The lowest BCUT2D eigenvalue weighted by Crippen LogP contribution is -2.16. The van der Waals surface area contributed by atoms with Crippen LogP contribution in [0.1, 0.15) is 83.6 Å². The van der Waals surface area contributed by atoms with Crippen LogP contribution >= 0.6 is 0 Å². The van der Waals surface area contributed by atoms with Crippen molar-refractivity contribution in [1.29, 1.82) is 0 Å². The van der Waals surface area contributed by atoms with Crippen molar-refractivity contribution in [3.63, 3.8) is 0 Å². The Kier molecular flexibility index (Phi) is 12.0. The minimum atomic E-state index is -0.0929. The van der Waals surface area contributed by atoms with Gasteiger partial charge in [-0.1, -0.05) is 64.4 Å². The SMILES string of the molecule is CCCCCCCCCCCC(=O)NN=Cc1cccc(OCC)c1O. The number of phenols is 1. The Morgan fingerprint density at radius 1 is 1.08 bits per heavy atom. The highest BCUT2D eigenvalue weighted by Crippen LogP contribution is 2.28. The van der Waals surface area contributed by atoms with E-state index in [9.17, 15) is 9.90 Å². The van der Waals surface area contributed by atoms with E-state index in [0.29, 0.717) is 24.3 Å². The number of rotatable bonds is 14. The van der Waals surface area contributed by atoms with Gasteiger partial charge in [-0.15, -0.1) is 0 Å². The highest BCUT2D eigenvalue weighted by atomic mass is 16.5. The fourth-order valence-corrected chi connectivity index (χ4v) is 2.74. The van der Waals surface area contributed by atoms with Crippen molar-refractivity contribution < 1.29 is 14.6 Å². The Balaban J connectivity index is 2.16. The molecule has 5 heteroatoms. The topological polar surface area (TPSA) is 70.9 Å². The molecule has 0 heterocycles. The lowest BCUT2D eigenvalue weighted by atomic mass is 10.1. The molecule has 146 valence electrons. The first-order valence-electron chi connectivity index (χ1n) is 9.95. The normalized spacial score (nSPS) is 11.0. The molecule has 5 nitrogen and oxygen atoms in total. The molecule has 2 N–H and O–H groups in total. The summed E-state index contributed by atoms with van der Waals surface area (Å²) < 4.78 is 5.32. The number of phenolic OH excluding ortho intramolecular Hbond substituents is 1. The van der Waals surface area contributed by atoms with E-state index in [1.807, 2.05) is 6.92 Å². The van der Waals surface area contributed by atoms with Gasteiger partial charge in [0.05, 0.1) is 12.8 Å². The Morgan fingerprint density at radius 2 is 1.73 bits per heavy atom. The van der Waals surface area contributed by atoms with E-state index in [1.54, 1.807) is 18.2 Å². The number of nitrogens with zero attached hydrogens (tertiary/aromatic N) is 1. The van der Waals surface area contributed by atoms with Gasteiger partial charge in [-0.2, -0.15) is 5.10 Å². The van der Waals surface area contributed by atoms with Crippen LogP contribution in [0.15, 0.2) is 23.3 Å². The summed E-state index contributed by atoms with van der Waals surface area (Å²) >= 11 is 0. The number of aromatic hydroxyl groups is 1. The van der Waals surface area contributed by atoms with Crippen molar-refractivity contribution >= 4 is 12.1 Å². The van der Waals surface area contributed by atoms with E-state index in [4.69, 9.17) is 4.74 Å². The quantitative estimate of drug-likeness (QED) is 0.273. The fraction of sp³-hybridized carbons (Fsp3) is 0.619. The molecule has 26 heavy (non-hydrogen) atoms. The fourth-order valence-electron chi connectivity index (χ4n) is 2.74. The molecule has 1 amide bonds. The van der Waals surface area contributed by atoms with Crippen molar-refractivity contribution in [2.24, 2.45) is 5.10 Å². The molecule has 0 aliphatic carbocycles. The highest BCUT2D eigenvalue weighted by molar-refractivity contribution is 5.86. The van der Waals surface area contributed by atoms with Crippen LogP contribution in [0.2, 0.25) is 0 Å². The van der Waals surface area contributed by atoms with Gasteiger partial charge in [-0.25, -0.2) is 5.43 Å². The van der Waals surface area contributed by atoms with Crippen LogP contribution < -0.4 is 10.2 Å². The molecule has 0 aliphatic heterocycles. The molecule has 0 aromatic heterocycles. The number of hydrogen-bond acceptors (Lipinski definition) is 4. The van der Waals surface area contributed by atoms with Crippen molar-refractivity contribution in [1.82, 2.24) is 5.43 Å². The smallest absolute Gasteiger partial charge is 0.240 e. The summed E-state index contributed by atoms with van der Waals surface area (Å²) in [5.74, 6) is 0.355. The van der Waals surface area contributed by atoms with Crippen molar-refractivity contribution in [2.45, 2.75) is 78.1 Å². The molecule has 0 saturated carbocycles. The second-order valence-corrected chi connectivity index (χ2v) is 6.50. The summed E-state index contributed by atoms with van der Waals surface area (Å²) in [6.07, 6.45) is 13.0. The van der Waals surface area contributed by atoms with Gasteiger partial charge in [0.1, 0.15) is 0 Å². The molecule has 0 spiro atoms. The van der Waals surface area contributed by atoms with Crippen LogP contribution in [0.25, 0.3) is 0 Å². The maximum Gasteiger partial charge on any atom is 0.240 e. The summed E-state index contributed by atoms with van der Waals surface area (Å²) in [5, 5.41) is 14.0. The second kappa shape index (κ2) is 14.2. The van der Waals surface area contributed by atoms with E-state index in [1.165, 1.54) is 51.2 Å². The first-order chi connectivity index (χ1) is 12.7. The number of para-hydroxylation sites is 1. The second-order valence-electron chi connectivity index (χ2n) is 6.50. The number of hydrogen-bond donors (Lipinski definition) is 2. The first-order valence-corrected chi connectivity index (χ1v) is 9.95. The van der Waals surface area contributed by atoms with Gasteiger partial charge in [-0.05, 0) is 25.5 Å². The minimum Gasteiger partial charge on any atom is -0.504 e. The molecule has 0 fully saturated rings. The predicted octanol–water partition coefficient (Wildman–Crippen LogP) is 5.16. The standard InChI is InChI=1S/C21H34N2O3/c1-3-5-6-7-8-9-10-11-12-16-20(24)23-22-17-18-14-13-15-19(21(18)25)26-4-2/h13-15,17,25H,3-12,16H2,1-2H3,(H,23,24). The molecule has 0 radical (unpaired) electrons. The zero-order chi connectivity index (χ0) is 19.0. The van der Waals surface area contributed by atoms with E-state index in [2.05, 4.69) is 17.5 Å². The largest absolute Gasteiger partial charge is 0.504 e. The molecule has 1 aromatic rings. The number of hydrazone groups is 1. The Hall–Kier alpha value is -2.04. The summed E-state index contributed by atoms with van der Waals surface area (Å²) in [5.41, 5.74) is 3.03. The number of nitrogens with one attached hydrogen (secondary N) is 1. The van der Waals surface area contributed by atoms with E-state index < -0.39 is 0 Å². The average Bonchev–Trinajstić information content (AvgIpc) is 2.63. The summed E-state index contributed by atoms with van der Waals surface area (Å²) in [4.78, 5) is 11.8. The third kappa shape index (κ3) is 9.44. The Morgan fingerprint density at radius 3 is 2.38 bits per heavy atom. The third-order valence-electron chi connectivity index (χ3n) is 4.23. The third-order valence-corrected chi connectivity index (χ3v) is 4.23. The van der Waals surface area contributed by atoms with Crippen LogP contribution in [0.5, 0.6) is 11.5 Å². The lowest BCUT2D eigenvalue weighted by Gasteiger charge is -2.07. The Labute approximate surface area is 157 Å². The monoisotopic (exact) mass is 362 g/mol. The van der Waals surface area contributed by atoms with Crippen LogP contribution in [0, 0.1) is 0 Å². The number of ether oxygens (including phenoxy) is 1. The van der Waals surface area contributed by atoms with Gasteiger partial charge in [0.2, 0.25) is 5.91 Å². The highest BCUT2D eigenvalue weighted by Gasteiger charge is 2.06. The van der Waals surface area contributed by atoms with Gasteiger partial charge < -0.3 is 9.84 Å². The van der Waals surface area contributed by atoms with Crippen LogP contribution in [0.3, 0.4) is 0 Å². The van der Waals surface area contributed by atoms with Gasteiger partial charge in [-0.3, -0.25) is 4.79 Å². The zero-order valence-corrected chi connectivity index (χ0v) is 16.3. The molecular weight excluding hydrogens is 328 g/mol. The lowest BCUT2D eigenvalue weighted by molar-refractivity contribution is -0.121. The number of amides is 1. The van der Waals surface area contributed by atoms with Gasteiger partial charge in [0.15, 0.2) is 11.5 Å². The molecule has 1 rings (SSSR count). The molecule has 0 unspecified atom stereocenters. The molecule has 0 atom stereocenters. The summed E-state index contributed by atoms with van der Waals surface area (Å²) in [6.45, 7) is 4.56. The van der Waals surface area contributed by atoms with E-state index in [-0.39, 0.29) is 11.7 Å². The molecule has 0 aliphatic rings. The molecule has 0 saturated heterocycles. The zero-order valence-electron chi connectivity index (χ0n) is 16.3. The first kappa shape index (κ1) is 22.0. The van der Waals surface area contributed by atoms with Crippen LogP contribution in [-0.4, -0.2) is 23.8 Å². The molecule has 0 bridgehead atoms. The van der Waals surface area contributed by atoms with Crippen LogP contribution in [0.4, 0.5) is 0 Å². The minimum absolute atomic E-state index is 0.0336. The van der Waals surface area contributed by atoms with Gasteiger partial charge >= 0.3 is 0 Å². The number of unbranched alkanes of at least 4 members (excludes halogenated alkanes) is 8. The van der Waals surface area contributed by atoms with E-state index in [0.717, 1.165) is 12.8 Å².